The summed E-state index contributed by atoms with van der Waals surface area (Å²) in [4.78, 5) is 11.4. The molecule has 1 aromatic carbocycles. The molecule has 0 saturated carbocycles. The first kappa shape index (κ1) is 11.7. The average molecular weight is 329 g/mol. The monoisotopic (exact) mass is 328 g/mol. The van der Waals surface area contributed by atoms with Crippen molar-refractivity contribution >= 4 is 40.0 Å². The van der Waals surface area contributed by atoms with Crippen LogP contribution >= 0.6 is 34.2 Å². The van der Waals surface area contributed by atoms with Gasteiger partial charge in [-0.2, -0.15) is 0 Å². The number of ether oxygens (including phenoxy) is 1. The smallest absolute Gasteiger partial charge is 0.182 e. The molecule has 0 amide bonds. The molecule has 0 N–H and O–H groups in total. The van der Waals surface area contributed by atoms with Crippen LogP contribution in [0, 0.1) is 9.39 Å². The van der Waals surface area contributed by atoms with E-state index in [0.717, 1.165) is 0 Å². The quantitative estimate of drug-likeness (QED) is 0.484. The molecule has 5 heteroatoms. The maximum absolute atomic E-state index is 13.2. The van der Waals surface area contributed by atoms with Gasteiger partial charge >= 0.3 is 0 Å². The number of carbonyl (C=O) groups is 1. The average Bonchev–Trinajstić information content (AvgIpc) is 2.19. The van der Waals surface area contributed by atoms with Gasteiger partial charge in [0.15, 0.2) is 17.3 Å². The number of Topliss-reactive ketones (excluding diaryl/α,β-unsaturated/α-hetero) is 1. The summed E-state index contributed by atoms with van der Waals surface area (Å²) in [5.41, 5.74) is 0.211. The second-order valence-corrected chi connectivity index (χ2v) is 3.92. The van der Waals surface area contributed by atoms with Gasteiger partial charge in [-0.1, -0.05) is 0 Å². The second kappa shape index (κ2) is 4.93. The molecule has 14 heavy (non-hydrogen) atoms. The van der Waals surface area contributed by atoms with Gasteiger partial charge in [-0.15, -0.1) is 11.6 Å². The number of hydrogen-bond acceptors (Lipinski definition) is 2. The first-order valence-electron chi connectivity index (χ1n) is 3.73. The van der Waals surface area contributed by atoms with Crippen LogP contribution in [0.5, 0.6) is 5.75 Å². The largest absolute Gasteiger partial charge is 0.493 e. The highest BCUT2D eigenvalue weighted by Crippen LogP contribution is 2.27. The highest BCUT2D eigenvalue weighted by molar-refractivity contribution is 14.1. The summed E-state index contributed by atoms with van der Waals surface area (Å²) in [5.74, 6) is -1.12. The van der Waals surface area contributed by atoms with Crippen molar-refractivity contribution < 1.29 is 13.9 Å². The van der Waals surface area contributed by atoms with Crippen molar-refractivity contribution in [1.82, 2.24) is 0 Å². The number of halogens is 3. The minimum absolute atomic E-state index is 0.0393. The standard InChI is InChI=1S/C9H7ClFIO2/c1-14-9-5(11)2-3-6(12)8(9)7(13)4-10/h2-3H,4H2,1H3. The minimum Gasteiger partial charge on any atom is -0.493 e. The fourth-order valence-electron chi connectivity index (χ4n) is 1.06. The Bertz CT molecular complexity index is 368. The molecule has 0 spiro atoms. The van der Waals surface area contributed by atoms with E-state index in [4.69, 9.17) is 16.3 Å². The van der Waals surface area contributed by atoms with E-state index >= 15 is 0 Å². The molecule has 76 valence electrons. The van der Waals surface area contributed by atoms with Gasteiger partial charge in [0.2, 0.25) is 0 Å². The van der Waals surface area contributed by atoms with E-state index in [1.54, 1.807) is 0 Å². The Morgan fingerprint density at radius 2 is 2.29 bits per heavy atom. The molecule has 1 aromatic rings. The normalized spacial score (nSPS) is 10.0. The molecule has 0 atom stereocenters. The number of benzene rings is 1. The van der Waals surface area contributed by atoms with Gasteiger partial charge in [-0.05, 0) is 34.7 Å². The third-order valence-electron chi connectivity index (χ3n) is 1.66. The third-order valence-corrected chi connectivity index (χ3v) is 2.80. The topological polar surface area (TPSA) is 26.3 Å². The minimum atomic E-state index is -0.554. The molecule has 0 bridgehead atoms. The van der Waals surface area contributed by atoms with Crippen LogP contribution in [0.3, 0.4) is 0 Å². The van der Waals surface area contributed by atoms with Gasteiger partial charge in [-0.25, -0.2) is 4.39 Å². The first-order valence-corrected chi connectivity index (χ1v) is 5.34. The van der Waals surface area contributed by atoms with Gasteiger partial charge < -0.3 is 4.74 Å². The summed E-state index contributed by atoms with van der Waals surface area (Å²) in [6.07, 6.45) is 0. The van der Waals surface area contributed by atoms with Crippen molar-refractivity contribution in [3.8, 4) is 5.75 Å². The van der Waals surface area contributed by atoms with E-state index in [2.05, 4.69) is 0 Å². The van der Waals surface area contributed by atoms with Gasteiger partial charge in [0.25, 0.3) is 0 Å². The lowest BCUT2D eigenvalue weighted by molar-refractivity contribution is 0.101. The number of methoxy groups -OCH3 is 1. The molecule has 0 saturated heterocycles. The van der Waals surface area contributed by atoms with E-state index in [9.17, 15) is 9.18 Å². The van der Waals surface area contributed by atoms with Crippen LogP contribution in [0.25, 0.3) is 0 Å². The van der Waals surface area contributed by atoms with Crippen molar-refractivity contribution in [2.45, 2.75) is 0 Å². The first-order chi connectivity index (χ1) is 6.61. The number of hydrogen-bond donors (Lipinski definition) is 0. The molecule has 0 aliphatic heterocycles. The molecule has 1 rings (SSSR count). The fourth-order valence-corrected chi connectivity index (χ4v) is 1.92. The van der Waals surface area contributed by atoms with Crippen LogP contribution in [0.1, 0.15) is 10.4 Å². The molecular weight excluding hydrogens is 321 g/mol. The SMILES string of the molecule is COc1c(F)ccc(I)c1C(=O)CCl. The van der Waals surface area contributed by atoms with Crippen LogP contribution in [-0.2, 0) is 0 Å². The van der Waals surface area contributed by atoms with Crippen LogP contribution in [0.2, 0.25) is 0 Å². The van der Waals surface area contributed by atoms with Gasteiger partial charge in [-0.3, -0.25) is 4.79 Å². The van der Waals surface area contributed by atoms with Crippen LogP contribution < -0.4 is 4.74 Å². The lowest BCUT2D eigenvalue weighted by Crippen LogP contribution is -2.07. The summed E-state index contributed by atoms with van der Waals surface area (Å²) in [6.45, 7) is 0. The fraction of sp³-hybridized carbons (Fsp3) is 0.222. The highest BCUT2D eigenvalue weighted by Gasteiger charge is 2.18. The Balaban J connectivity index is 3.37. The highest BCUT2D eigenvalue weighted by atomic mass is 127. The summed E-state index contributed by atoms with van der Waals surface area (Å²) in [5, 5.41) is 0. The predicted molar refractivity (Wildman–Crippen MR) is 60.7 cm³/mol. The van der Waals surface area contributed by atoms with E-state index in [0.29, 0.717) is 3.57 Å². The zero-order valence-corrected chi connectivity index (χ0v) is 10.2. The summed E-state index contributed by atoms with van der Waals surface area (Å²) >= 11 is 7.35. The molecular formula is C9H7ClFIO2. The number of carbonyl (C=O) groups excluding carboxylic acids is 1. The Labute approximate surface area is 99.5 Å². The zero-order chi connectivity index (χ0) is 10.7. The number of alkyl halides is 1. The van der Waals surface area contributed by atoms with Crippen molar-refractivity contribution in [3.63, 3.8) is 0 Å². The van der Waals surface area contributed by atoms with E-state index < -0.39 is 5.82 Å². The molecule has 0 aromatic heterocycles. The van der Waals surface area contributed by atoms with Gasteiger partial charge in [0.05, 0.1) is 18.6 Å². The summed E-state index contributed by atoms with van der Waals surface area (Å²) in [7, 11) is 1.32. The third kappa shape index (κ3) is 2.17. The lowest BCUT2D eigenvalue weighted by Gasteiger charge is -2.08. The Morgan fingerprint density at radius 1 is 1.64 bits per heavy atom. The Hall–Kier alpha value is -0.360. The van der Waals surface area contributed by atoms with Crippen molar-refractivity contribution in [2.24, 2.45) is 0 Å². The molecule has 0 aliphatic carbocycles. The van der Waals surface area contributed by atoms with Crippen LogP contribution in [-0.4, -0.2) is 18.8 Å². The Morgan fingerprint density at radius 3 is 2.79 bits per heavy atom. The van der Waals surface area contributed by atoms with Crippen LogP contribution in [0.4, 0.5) is 4.39 Å². The van der Waals surface area contributed by atoms with Crippen molar-refractivity contribution in [1.29, 1.82) is 0 Å². The van der Waals surface area contributed by atoms with Crippen LogP contribution in [0.15, 0.2) is 12.1 Å². The molecule has 2 nitrogen and oxygen atoms in total. The maximum Gasteiger partial charge on any atom is 0.182 e. The number of ketones is 1. The summed E-state index contributed by atoms with van der Waals surface area (Å²) in [6, 6.07) is 2.77. The van der Waals surface area contributed by atoms with E-state index in [-0.39, 0.29) is 23.0 Å². The lowest BCUT2D eigenvalue weighted by atomic mass is 10.1. The van der Waals surface area contributed by atoms with E-state index in [1.807, 2.05) is 22.6 Å². The Kier molecular flexibility index (Phi) is 4.12. The molecule has 0 fully saturated rings. The van der Waals surface area contributed by atoms with Crippen molar-refractivity contribution in [2.75, 3.05) is 13.0 Å². The molecule has 0 unspecified atom stereocenters. The predicted octanol–water partition coefficient (Wildman–Crippen LogP) is 2.86. The summed E-state index contributed by atoms with van der Waals surface area (Å²) < 4.78 is 18.7. The number of rotatable bonds is 3. The van der Waals surface area contributed by atoms with E-state index in [1.165, 1.54) is 19.2 Å². The maximum atomic E-state index is 13.2. The molecule has 0 radical (unpaired) electrons. The molecule has 0 heterocycles. The van der Waals surface area contributed by atoms with Gasteiger partial charge in [0, 0.05) is 3.57 Å². The van der Waals surface area contributed by atoms with Crippen molar-refractivity contribution in [3.05, 3.63) is 27.1 Å². The van der Waals surface area contributed by atoms with Gasteiger partial charge in [0.1, 0.15) is 0 Å². The zero-order valence-electron chi connectivity index (χ0n) is 7.31. The second-order valence-electron chi connectivity index (χ2n) is 2.49. The molecule has 0 aliphatic rings.